The Morgan fingerprint density at radius 2 is 2.27 bits per heavy atom. The molecule has 0 aromatic rings. The van der Waals surface area contributed by atoms with Gasteiger partial charge in [0.15, 0.2) is 0 Å². The maximum absolute atomic E-state index is 10.0. The Balaban J connectivity index is 4.34. The summed E-state index contributed by atoms with van der Waals surface area (Å²) in [5.74, 6) is 0. The number of nitrogens with zero attached hydrogens (tertiary/aromatic N) is 1. The van der Waals surface area contributed by atoms with Gasteiger partial charge in [-0.05, 0) is 20.3 Å². The van der Waals surface area contributed by atoms with Gasteiger partial charge in [-0.2, -0.15) is 4.99 Å². The van der Waals surface area contributed by atoms with Crippen molar-refractivity contribution < 1.29 is 9.22 Å². The molecule has 0 amide bonds. The summed E-state index contributed by atoms with van der Waals surface area (Å²) in [6.45, 7) is 5.86. The Morgan fingerprint density at radius 1 is 1.73 bits per heavy atom. The summed E-state index contributed by atoms with van der Waals surface area (Å²) < 4.78 is 5.31. The molecule has 1 atom stereocenters. The summed E-state index contributed by atoms with van der Waals surface area (Å²) >= 11 is 0. The first-order chi connectivity index (χ1) is 5.08. The molecule has 1 unspecified atom stereocenters. The van der Waals surface area contributed by atoms with Crippen LogP contribution in [0.15, 0.2) is 4.99 Å². The Bertz CT molecular complexity index is 164. The van der Waals surface area contributed by atoms with Gasteiger partial charge in [-0.3, -0.25) is 0 Å². The van der Waals surface area contributed by atoms with Crippen LogP contribution in [0.2, 0.25) is 0 Å². The average molecular weight is 173 g/mol. The van der Waals surface area contributed by atoms with Gasteiger partial charge < -0.3 is 4.43 Å². The van der Waals surface area contributed by atoms with Crippen LogP contribution in [0.1, 0.15) is 27.2 Å². The van der Waals surface area contributed by atoms with E-state index in [1.54, 1.807) is 6.08 Å². The van der Waals surface area contributed by atoms with E-state index < -0.39 is 0 Å². The Labute approximate surface area is 70.4 Å². The van der Waals surface area contributed by atoms with Gasteiger partial charge >= 0.3 is 0 Å². The molecule has 0 fully saturated rings. The maximum Gasteiger partial charge on any atom is 0.235 e. The minimum atomic E-state index is -0.307. The normalized spacial score (nSPS) is 14.1. The second-order valence-electron chi connectivity index (χ2n) is 2.95. The lowest BCUT2D eigenvalue weighted by molar-refractivity contribution is 0.0907. The monoisotopic (exact) mass is 173 g/mol. The van der Waals surface area contributed by atoms with Crippen molar-refractivity contribution in [3.63, 3.8) is 0 Å². The van der Waals surface area contributed by atoms with Crippen LogP contribution in [0, 0.1) is 0 Å². The number of hydrogen-bond acceptors (Lipinski definition) is 3. The molecule has 11 heavy (non-hydrogen) atoms. The van der Waals surface area contributed by atoms with Gasteiger partial charge in [0.25, 0.3) is 0 Å². The first-order valence-electron chi connectivity index (χ1n) is 3.70. The largest absolute Gasteiger partial charge is 0.421 e. The van der Waals surface area contributed by atoms with Crippen LogP contribution in [0.25, 0.3) is 0 Å². The van der Waals surface area contributed by atoms with E-state index >= 15 is 0 Å². The van der Waals surface area contributed by atoms with E-state index in [2.05, 4.69) is 4.99 Å². The zero-order valence-corrected chi connectivity index (χ0v) is 9.55. The van der Waals surface area contributed by atoms with Crippen LogP contribution in [0.5, 0.6) is 0 Å². The molecule has 0 rings (SSSR count). The van der Waals surface area contributed by atoms with Gasteiger partial charge in [-0.15, -0.1) is 0 Å². The standard InChI is InChI=1S/C7H15NO2Si/c1-4-6(8-5-9)7(2,3)10-11/h6H,4H2,1-3,11H3. The average Bonchev–Trinajstić information content (AvgIpc) is 2.00. The third kappa shape index (κ3) is 2.97. The van der Waals surface area contributed by atoms with Crippen molar-refractivity contribution in [2.24, 2.45) is 4.99 Å². The molecule has 0 saturated heterocycles. The number of hydrogen-bond donors (Lipinski definition) is 0. The van der Waals surface area contributed by atoms with Crippen LogP contribution in [-0.2, 0) is 9.22 Å². The smallest absolute Gasteiger partial charge is 0.235 e. The molecule has 4 heteroatoms. The van der Waals surface area contributed by atoms with E-state index in [0.717, 1.165) is 6.42 Å². The Kier molecular flexibility index (Phi) is 4.26. The fraction of sp³-hybridized carbons (Fsp3) is 0.857. The van der Waals surface area contributed by atoms with Crippen molar-refractivity contribution in [1.82, 2.24) is 0 Å². The summed E-state index contributed by atoms with van der Waals surface area (Å²) in [5, 5.41) is 0. The molecule has 0 heterocycles. The van der Waals surface area contributed by atoms with Crippen molar-refractivity contribution in [2.75, 3.05) is 0 Å². The van der Waals surface area contributed by atoms with Crippen LogP contribution in [0.3, 0.4) is 0 Å². The molecule has 0 N–H and O–H groups in total. The lowest BCUT2D eigenvalue weighted by Crippen LogP contribution is -2.36. The molecule has 0 aliphatic carbocycles. The number of aliphatic imine (C=N–C) groups is 1. The molecule has 0 saturated carbocycles. The summed E-state index contributed by atoms with van der Waals surface area (Å²) in [6, 6.07) is -0.0579. The third-order valence-corrected chi connectivity index (χ3v) is 2.98. The van der Waals surface area contributed by atoms with E-state index in [0.29, 0.717) is 10.5 Å². The quantitative estimate of drug-likeness (QED) is 0.345. The number of rotatable bonds is 4. The highest BCUT2D eigenvalue weighted by atomic mass is 28.2. The zero-order valence-electron chi connectivity index (χ0n) is 7.55. The zero-order chi connectivity index (χ0) is 8.91. The first kappa shape index (κ1) is 10.6. The molecule has 0 aromatic carbocycles. The third-order valence-electron chi connectivity index (χ3n) is 1.92. The van der Waals surface area contributed by atoms with E-state index in [9.17, 15) is 4.79 Å². The number of carbonyl (C=O) groups excluding carboxylic acids is 1. The van der Waals surface area contributed by atoms with Crippen LogP contribution < -0.4 is 0 Å². The van der Waals surface area contributed by atoms with Crippen LogP contribution in [-0.4, -0.2) is 28.2 Å². The predicted molar refractivity (Wildman–Crippen MR) is 47.3 cm³/mol. The molecule has 0 aliphatic rings. The van der Waals surface area contributed by atoms with Crippen molar-refractivity contribution >= 4 is 16.6 Å². The first-order valence-corrected chi connectivity index (χ1v) is 4.52. The summed E-state index contributed by atoms with van der Waals surface area (Å²) in [5.41, 5.74) is -0.307. The molecule has 64 valence electrons. The topological polar surface area (TPSA) is 38.7 Å². The molecule has 3 nitrogen and oxygen atoms in total. The minimum Gasteiger partial charge on any atom is -0.421 e. The van der Waals surface area contributed by atoms with Gasteiger partial charge in [-0.1, -0.05) is 6.92 Å². The van der Waals surface area contributed by atoms with Gasteiger partial charge in [0, 0.05) is 0 Å². The Hall–Kier alpha value is -0.443. The molecular weight excluding hydrogens is 158 g/mol. The lowest BCUT2D eigenvalue weighted by atomic mass is 9.97. The Morgan fingerprint density at radius 3 is 2.55 bits per heavy atom. The summed E-state index contributed by atoms with van der Waals surface area (Å²) in [7, 11) is 0.667. The van der Waals surface area contributed by atoms with Crippen molar-refractivity contribution in [2.45, 2.75) is 38.8 Å². The summed E-state index contributed by atoms with van der Waals surface area (Å²) in [6.07, 6.45) is 2.38. The molecule has 0 aromatic heterocycles. The predicted octanol–water partition coefficient (Wildman–Crippen LogP) is 0.176. The van der Waals surface area contributed by atoms with Gasteiger partial charge in [0.05, 0.1) is 11.6 Å². The minimum absolute atomic E-state index is 0.0579. The maximum atomic E-state index is 10.0. The fourth-order valence-corrected chi connectivity index (χ4v) is 1.21. The van der Waals surface area contributed by atoms with Crippen molar-refractivity contribution in [3.8, 4) is 0 Å². The molecule has 0 aliphatic heterocycles. The van der Waals surface area contributed by atoms with E-state index in [4.69, 9.17) is 4.43 Å². The second-order valence-corrected chi connectivity index (χ2v) is 3.36. The van der Waals surface area contributed by atoms with Crippen LogP contribution in [0.4, 0.5) is 0 Å². The van der Waals surface area contributed by atoms with Gasteiger partial charge in [0.2, 0.25) is 6.08 Å². The highest BCUT2D eigenvalue weighted by molar-refractivity contribution is 5.98. The van der Waals surface area contributed by atoms with Gasteiger partial charge in [0.1, 0.15) is 10.5 Å². The molecule has 0 spiro atoms. The number of isocyanates is 1. The highest BCUT2D eigenvalue weighted by Gasteiger charge is 2.26. The van der Waals surface area contributed by atoms with E-state index in [-0.39, 0.29) is 11.6 Å². The molecular formula is C7H15NO2Si. The van der Waals surface area contributed by atoms with Crippen LogP contribution >= 0.6 is 0 Å². The van der Waals surface area contributed by atoms with Crippen molar-refractivity contribution in [3.05, 3.63) is 0 Å². The van der Waals surface area contributed by atoms with Gasteiger partial charge in [-0.25, -0.2) is 4.79 Å². The lowest BCUT2D eigenvalue weighted by Gasteiger charge is -2.28. The van der Waals surface area contributed by atoms with E-state index in [1.165, 1.54) is 0 Å². The fourth-order valence-electron chi connectivity index (χ4n) is 0.938. The molecule has 0 radical (unpaired) electrons. The molecule has 0 bridgehead atoms. The highest BCUT2D eigenvalue weighted by Crippen LogP contribution is 2.18. The van der Waals surface area contributed by atoms with E-state index in [1.807, 2.05) is 20.8 Å². The summed E-state index contributed by atoms with van der Waals surface area (Å²) in [4.78, 5) is 13.7. The second kappa shape index (κ2) is 4.44. The SMILES string of the molecule is CCC(N=C=O)C(C)(C)O[SiH3]. The van der Waals surface area contributed by atoms with Crippen molar-refractivity contribution in [1.29, 1.82) is 0 Å².